The highest BCUT2D eigenvalue weighted by atomic mass is 16.5. The topological polar surface area (TPSA) is 12.5 Å². The number of hydrogen-bond acceptors (Lipinski definition) is 2. The fourth-order valence-electron chi connectivity index (χ4n) is 3.60. The molecule has 2 atom stereocenters. The zero-order valence-corrected chi connectivity index (χ0v) is 10.5. The number of ether oxygens (including phenoxy) is 1. The molecule has 2 heterocycles. The second kappa shape index (κ2) is 3.33. The quantitative estimate of drug-likeness (QED) is 0.615. The van der Waals surface area contributed by atoms with Crippen LogP contribution in [-0.4, -0.2) is 36.7 Å². The second-order valence-corrected chi connectivity index (χ2v) is 6.04. The lowest BCUT2D eigenvalue weighted by molar-refractivity contribution is -0.0474. The minimum absolute atomic E-state index is 0.193. The van der Waals surface area contributed by atoms with E-state index in [0.717, 1.165) is 19.5 Å². The Morgan fingerprint density at radius 3 is 2.67 bits per heavy atom. The van der Waals surface area contributed by atoms with E-state index in [1.165, 1.54) is 12.0 Å². The molecule has 1 unspecified atom stereocenters. The monoisotopic (exact) mass is 209 g/mol. The Bertz CT molecular complexity index is 279. The van der Waals surface area contributed by atoms with Crippen LogP contribution in [0.25, 0.3) is 0 Å². The fraction of sp³-hybridized carbons (Fsp3) is 0.846. The van der Waals surface area contributed by atoms with Crippen LogP contribution in [0.1, 0.15) is 33.6 Å². The smallest absolute Gasteiger partial charge is 0.0775 e. The third-order valence-corrected chi connectivity index (χ3v) is 4.28. The molecule has 2 saturated heterocycles. The summed E-state index contributed by atoms with van der Waals surface area (Å²) in [6.07, 6.45) is 2.65. The van der Waals surface area contributed by atoms with Crippen LogP contribution in [-0.2, 0) is 4.74 Å². The van der Waals surface area contributed by atoms with Crippen LogP contribution >= 0.6 is 0 Å². The molecule has 0 bridgehead atoms. The molecule has 2 aliphatic rings. The van der Waals surface area contributed by atoms with Gasteiger partial charge in [0, 0.05) is 20.2 Å². The Morgan fingerprint density at radius 2 is 2.13 bits per heavy atom. The first kappa shape index (κ1) is 11.2. The van der Waals surface area contributed by atoms with Gasteiger partial charge in [-0.3, -0.25) is 4.90 Å². The van der Waals surface area contributed by atoms with E-state index in [0.29, 0.717) is 6.10 Å². The van der Waals surface area contributed by atoms with Crippen LogP contribution in [0, 0.1) is 5.41 Å². The summed E-state index contributed by atoms with van der Waals surface area (Å²) < 4.78 is 5.72. The summed E-state index contributed by atoms with van der Waals surface area (Å²) in [5, 5.41) is 0. The second-order valence-electron chi connectivity index (χ2n) is 6.04. The molecule has 15 heavy (non-hydrogen) atoms. The molecule has 2 aliphatic heterocycles. The summed E-state index contributed by atoms with van der Waals surface area (Å²) in [5.74, 6) is 0. The van der Waals surface area contributed by atoms with Crippen molar-refractivity contribution < 1.29 is 4.74 Å². The van der Waals surface area contributed by atoms with Crippen molar-refractivity contribution in [3.05, 3.63) is 12.2 Å². The molecule has 0 N–H and O–H groups in total. The molecule has 0 spiro atoms. The van der Waals surface area contributed by atoms with Gasteiger partial charge in [-0.1, -0.05) is 32.9 Å². The molecule has 0 aromatic heterocycles. The van der Waals surface area contributed by atoms with Gasteiger partial charge in [-0.15, -0.1) is 0 Å². The van der Waals surface area contributed by atoms with Gasteiger partial charge in [0.2, 0.25) is 0 Å². The maximum absolute atomic E-state index is 5.72. The van der Waals surface area contributed by atoms with Crippen LogP contribution in [0.2, 0.25) is 0 Å². The average Bonchev–Trinajstić information content (AvgIpc) is 2.57. The largest absolute Gasteiger partial charge is 0.379 e. The Balaban J connectivity index is 2.40. The standard InChI is InChI=1S/C13H23NO/c1-10-8-13(12(2,3)4)11(15-5)6-7-14(13)9-10/h11H,1,6-9H2,2-5H3/t11-,13?/m0/s1. The van der Waals surface area contributed by atoms with E-state index < -0.39 is 0 Å². The van der Waals surface area contributed by atoms with Crippen molar-refractivity contribution in [2.45, 2.75) is 45.3 Å². The van der Waals surface area contributed by atoms with Gasteiger partial charge >= 0.3 is 0 Å². The average molecular weight is 209 g/mol. The van der Waals surface area contributed by atoms with Gasteiger partial charge in [0.25, 0.3) is 0 Å². The normalized spacial score (nSPS) is 37.3. The molecule has 2 heteroatoms. The van der Waals surface area contributed by atoms with Crippen molar-refractivity contribution in [2.75, 3.05) is 20.2 Å². The van der Waals surface area contributed by atoms with Crippen LogP contribution in [0.5, 0.6) is 0 Å². The van der Waals surface area contributed by atoms with E-state index >= 15 is 0 Å². The number of methoxy groups -OCH3 is 1. The van der Waals surface area contributed by atoms with Crippen LogP contribution in [0.4, 0.5) is 0 Å². The molecule has 2 nitrogen and oxygen atoms in total. The maximum Gasteiger partial charge on any atom is 0.0775 e. The molecule has 0 radical (unpaired) electrons. The Kier molecular flexibility index (Phi) is 2.47. The molecule has 0 aliphatic carbocycles. The van der Waals surface area contributed by atoms with Crippen molar-refractivity contribution in [3.63, 3.8) is 0 Å². The van der Waals surface area contributed by atoms with E-state index in [2.05, 4.69) is 32.3 Å². The highest BCUT2D eigenvalue weighted by Gasteiger charge is 2.58. The first-order valence-corrected chi connectivity index (χ1v) is 5.86. The molecule has 0 amide bonds. The Labute approximate surface area is 93.3 Å². The van der Waals surface area contributed by atoms with E-state index in [1.54, 1.807) is 0 Å². The maximum atomic E-state index is 5.72. The van der Waals surface area contributed by atoms with E-state index in [1.807, 2.05) is 7.11 Å². The van der Waals surface area contributed by atoms with Gasteiger partial charge in [0.15, 0.2) is 0 Å². The van der Waals surface area contributed by atoms with Crippen molar-refractivity contribution in [1.29, 1.82) is 0 Å². The van der Waals surface area contributed by atoms with Crippen LogP contribution in [0.15, 0.2) is 12.2 Å². The third-order valence-electron chi connectivity index (χ3n) is 4.28. The lowest BCUT2D eigenvalue weighted by Crippen LogP contribution is -2.56. The minimum Gasteiger partial charge on any atom is -0.379 e. The summed E-state index contributed by atoms with van der Waals surface area (Å²) >= 11 is 0. The Hall–Kier alpha value is -0.340. The van der Waals surface area contributed by atoms with Gasteiger partial charge < -0.3 is 4.74 Å². The molecule has 86 valence electrons. The zero-order chi connectivity index (χ0) is 11.3. The van der Waals surface area contributed by atoms with Gasteiger partial charge in [-0.05, 0) is 18.3 Å². The first-order chi connectivity index (χ1) is 6.91. The van der Waals surface area contributed by atoms with E-state index in [4.69, 9.17) is 4.74 Å². The van der Waals surface area contributed by atoms with Gasteiger partial charge in [-0.25, -0.2) is 0 Å². The third kappa shape index (κ3) is 1.38. The summed E-state index contributed by atoms with van der Waals surface area (Å²) in [6.45, 7) is 13.4. The van der Waals surface area contributed by atoms with Gasteiger partial charge in [0.05, 0.1) is 11.6 Å². The molecule has 0 aromatic carbocycles. The van der Waals surface area contributed by atoms with E-state index in [-0.39, 0.29) is 11.0 Å². The fourth-order valence-corrected chi connectivity index (χ4v) is 3.60. The van der Waals surface area contributed by atoms with Crippen molar-refractivity contribution >= 4 is 0 Å². The van der Waals surface area contributed by atoms with Crippen molar-refractivity contribution in [2.24, 2.45) is 5.41 Å². The van der Waals surface area contributed by atoms with Gasteiger partial charge in [-0.2, -0.15) is 0 Å². The van der Waals surface area contributed by atoms with Crippen molar-refractivity contribution in [1.82, 2.24) is 4.90 Å². The first-order valence-electron chi connectivity index (χ1n) is 5.86. The number of rotatable bonds is 1. The summed E-state index contributed by atoms with van der Waals surface area (Å²) in [5.41, 5.74) is 1.81. The number of hydrogen-bond donors (Lipinski definition) is 0. The Morgan fingerprint density at radius 1 is 1.47 bits per heavy atom. The molecule has 2 rings (SSSR count). The number of fused-ring (bicyclic) bond motifs is 1. The molecular formula is C13H23NO. The van der Waals surface area contributed by atoms with Crippen LogP contribution < -0.4 is 0 Å². The predicted molar refractivity (Wildman–Crippen MR) is 62.9 cm³/mol. The lowest BCUT2D eigenvalue weighted by Gasteiger charge is -2.47. The van der Waals surface area contributed by atoms with E-state index in [9.17, 15) is 0 Å². The molecule has 0 saturated carbocycles. The summed E-state index contributed by atoms with van der Waals surface area (Å²) in [6, 6.07) is 0. The summed E-state index contributed by atoms with van der Waals surface area (Å²) in [4.78, 5) is 2.59. The summed E-state index contributed by atoms with van der Waals surface area (Å²) in [7, 11) is 1.85. The van der Waals surface area contributed by atoms with Crippen LogP contribution in [0.3, 0.4) is 0 Å². The molecule has 2 fully saturated rings. The SMILES string of the molecule is C=C1CN2CC[C@H](OC)C2(C(C)(C)C)C1. The van der Waals surface area contributed by atoms with Gasteiger partial charge in [0.1, 0.15) is 0 Å². The predicted octanol–water partition coefficient (Wildman–Crippen LogP) is 2.45. The zero-order valence-electron chi connectivity index (χ0n) is 10.5. The molecular weight excluding hydrogens is 186 g/mol. The highest BCUT2D eigenvalue weighted by molar-refractivity contribution is 5.24. The minimum atomic E-state index is 0.193. The van der Waals surface area contributed by atoms with Crippen molar-refractivity contribution in [3.8, 4) is 0 Å². The lowest BCUT2D eigenvalue weighted by atomic mass is 9.69. The molecule has 0 aromatic rings. The number of nitrogens with zero attached hydrogens (tertiary/aromatic N) is 1. The highest BCUT2D eigenvalue weighted by Crippen LogP contribution is 2.52.